The largest absolute Gasteiger partial charge is 0.504 e. The first kappa shape index (κ1) is 18.5. The lowest BCUT2D eigenvalue weighted by molar-refractivity contribution is -0.184. The van der Waals surface area contributed by atoms with E-state index in [9.17, 15) is 19.8 Å². The molecule has 1 saturated heterocycles. The molecule has 6 heteroatoms. The number of rotatable bonds is 2. The quantitative estimate of drug-likeness (QED) is 0.673. The molecule has 7 unspecified atom stereocenters. The average Bonchev–Trinajstić information content (AvgIpc) is 3.21. The number of carbonyl (C=O) groups is 2. The van der Waals surface area contributed by atoms with Gasteiger partial charge in [0.05, 0.1) is 0 Å². The topological polar surface area (TPSA) is 95.9 Å². The Kier molecular flexibility index (Phi) is 3.82. The van der Waals surface area contributed by atoms with Gasteiger partial charge < -0.3 is 10.2 Å². The van der Waals surface area contributed by atoms with E-state index in [4.69, 9.17) is 4.84 Å². The van der Waals surface area contributed by atoms with Gasteiger partial charge in [-0.05, 0) is 61.5 Å². The maximum atomic E-state index is 12.9. The van der Waals surface area contributed by atoms with E-state index >= 15 is 0 Å². The number of allylic oxidation sites excluding steroid dienone is 3. The zero-order chi connectivity index (χ0) is 19.9. The molecule has 0 bridgehead atoms. The molecule has 4 fully saturated rings. The predicted molar refractivity (Wildman–Crippen MR) is 101 cm³/mol. The minimum atomic E-state index is -0.936. The summed E-state index contributed by atoms with van der Waals surface area (Å²) in [7, 11) is 0. The van der Waals surface area contributed by atoms with Crippen LogP contribution in [0.2, 0.25) is 0 Å². The van der Waals surface area contributed by atoms with Gasteiger partial charge in [0.25, 0.3) is 0 Å². The molecule has 3 N–H and O–H groups in total. The van der Waals surface area contributed by atoms with E-state index < -0.39 is 12.2 Å². The fourth-order valence-electron chi connectivity index (χ4n) is 7.87. The van der Waals surface area contributed by atoms with Crippen molar-refractivity contribution in [1.29, 1.82) is 0 Å². The van der Waals surface area contributed by atoms with Crippen LogP contribution in [0.5, 0.6) is 0 Å². The summed E-state index contributed by atoms with van der Waals surface area (Å²) in [5, 5.41) is 20.1. The molecule has 0 aromatic rings. The summed E-state index contributed by atoms with van der Waals surface area (Å²) in [6, 6.07) is 0. The molecular weight excluding hydrogens is 358 g/mol. The van der Waals surface area contributed by atoms with E-state index in [1.807, 2.05) is 6.08 Å². The standard InChI is InChI=1S/C22H29NO5/c1-20-7-6-17(25)19(27)15(20)4-3-13-14(20)5-8-21(2)16(13)9-12-10-23-28-22(12,21)18(26)11-24/h6-7,12-14,16,23-24,27H,3-5,8-11H2,1-2H3. The van der Waals surface area contributed by atoms with Gasteiger partial charge in [-0.3, -0.25) is 14.4 Å². The van der Waals surface area contributed by atoms with Crippen molar-refractivity contribution in [2.24, 2.45) is 34.5 Å². The highest BCUT2D eigenvalue weighted by atomic mass is 16.7. The van der Waals surface area contributed by atoms with Crippen molar-refractivity contribution in [3.63, 3.8) is 0 Å². The van der Waals surface area contributed by atoms with Gasteiger partial charge in [0.15, 0.2) is 17.1 Å². The minimum absolute atomic E-state index is 0.0560. The van der Waals surface area contributed by atoms with Crippen LogP contribution < -0.4 is 5.48 Å². The number of hydroxylamine groups is 1. The second kappa shape index (κ2) is 5.77. The van der Waals surface area contributed by atoms with E-state index in [-0.39, 0.29) is 34.1 Å². The van der Waals surface area contributed by atoms with Crippen LogP contribution in [-0.4, -0.2) is 40.5 Å². The highest BCUT2D eigenvalue weighted by Crippen LogP contribution is 2.69. The van der Waals surface area contributed by atoms with Crippen LogP contribution in [0.15, 0.2) is 23.5 Å². The number of ketones is 2. The van der Waals surface area contributed by atoms with E-state index in [2.05, 4.69) is 19.3 Å². The normalized spacial score (nSPS) is 49.5. The third-order valence-corrected chi connectivity index (χ3v) is 9.16. The molecule has 0 amide bonds. The third kappa shape index (κ3) is 1.94. The molecule has 7 atom stereocenters. The molecule has 0 aromatic carbocycles. The molecule has 4 aliphatic carbocycles. The molecule has 1 heterocycles. The first-order valence-electron chi connectivity index (χ1n) is 10.5. The third-order valence-electron chi connectivity index (χ3n) is 9.16. The monoisotopic (exact) mass is 387 g/mol. The van der Waals surface area contributed by atoms with Crippen LogP contribution >= 0.6 is 0 Å². The molecule has 5 rings (SSSR count). The fraction of sp³-hybridized carbons (Fsp3) is 0.727. The maximum Gasteiger partial charge on any atom is 0.219 e. The molecule has 3 saturated carbocycles. The zero-order valence-corrected chi connectivity index (χ0v) is 16.5. The predicted octanol–water partition coefficient (Wildman–Crippen LogP) is 2.24. The van der Waals surface area contributed by atoms with Crippen LogP contribution in [0.1, 0.15) is 46.0 Å². The van der Waals surface area contributed by atoms with Crippen molar-refractivity contribution in [3.8, 4) is 0 Å². The van der Waals surface area contributed by atoms with Gasteiger partial charge in [0.2, 0.25) is 5.78 Å². The number of fused-ring (bicyclic) bond motifs is 7. The van der Waals surface area contributed by atoms with Crippen LogP contribution in [0.25, 0.3) is 0 Å². The van der Waals surface area contributed by atoms with Crippen molar-refractivity contribution in [3.05, 3.63) is 23.5 Å². The summed E-state index contributed by atoms with van der Waals surface area (Å²) in [4.78, 5) is 30.9. The molecule has 0 radical (unpaired) electrons. The molecule has 152 valence electrons. The highest BCUT2D eigenvalue weighted by Gasteiger charge is 2.72. The Morgan fingerprint density at radius 3 is 2.86 bits per heavy atom. The summed E-state index contributed by atoms with van der Waals surface area (Å²) in [6.07, 6.45) is 7.85. The Hall–Kier alpha value is -1.50. The molecule has 1 aliphatic heterocycles. The second-order valence-corrected chi connectivity index (χ2v) is 9.88. The number of Topliss-reactive ketones (excluding diaryl/α,β-unsaturated/α-hetero) is 1. The van der Waals surface area contributed by atoms with Crippen molar-refractivity contribution in [2.45, 2.75) is 51.6 Å². The van der Waals surface area contributed by atoms with E-state index in [1.165, 1.54) is 6.08 Å². The smallest absolute Gasteiger partial charge is 0.219 e. The van der Waals surface area contributed by atoms with Crippen molar-refractivity contribution >= 4 is 11.6 Å². The Bertz CT molecular complexity index is 818. The summed E-state index contributed by atoms with van der Waals surface area (Å²) >= 11 is 0. The van der Waals surface area contributed by atoms with Crippen LogP contribution in [0.4, 0.5) is 0 Å². The highest BCUT2D eigenvalue weighted by molar-refractivity contribution is 6.04. The molecule has 5 aliphatic rings. The lowest BCUT2D eigenvalue weighted by Crippen LogP contribution is -2.59. The number of nitrogens with one attached hydrogen (secondary N) is 1. The molecule has 6 nitrogen and oxygen atoms in total. The maximum absolute atomic E-state index is 12.9. The van der Waals surface area contributed by atoms with Gasteiger partial charge in [0.1, 0.15) is 6.61 Å². The van der Waals surface area contributed by atoms with E-state index in [0.29, 0.717) is 24.3 Å². The first-order chi connectivity index (χ1) is 13.3. The van der Waals surface area contributed by atoms with Gasteiger partial charge in [-0.1, -0.05) is 19.9 Å². The van der Waals surface area contributed by atoms with Crippen molar-refractivity contribution in [2.75, 3.05) is 13.2 Å². The summed E-state index contributed by atoms with van der Waals surface area (Å²) in [6.45, 7) is 4.49. The lowest BCUT2D eigenvalue weighted by Gasteiger charge is -2.58. The zero-order valence-electron chi connectivity index (χ0n) is 16.5. The lowest BCUT2D eigenvalue weighted by atomic mass is 9.47. The van der Waals surface area contributed by atoms with E-state index in [0.717, 1.165) is 37.7 Å². The summed E-state index contributed by atoms with van der Waals surface area (Å²) in [5.74, 6) is 0.635. The number of aliphatic hydroxyl groups is 2. The Morgan fingerprint density at radius 1 is 1.32 bits per heavy atom. The van der Waals surface area contributed by atoms with Gasteiger partial charge in [-0.2, -0.15) is 0 Å². The van der Waals surface area contributed by atoms with Gasteiger partial charge in [-0.25, -0.2) is 5.48 Å². The SMILES string of the molecule is CC12C=CC(=O)C(O)=C1CCC1C2CCC2(C)C1CC1CNOC12C(=O)CO. The van der Waals surface area contributed by atoms with Crippen molar-refractivity contribution in [1.82, 2.24) is 5.48 Å². The Morgan fingerprint density at radius 2 is 2.11 bits per heavy atom. The first-order valence-corrected chi connectivity index (χ1v) is 10.5. The second-order valence-electron chi connectivity index (χ2n) is 9.88. The van der Waals surface area contributed by atoms with Gasteiger partial charge in [0, 0.05) is 23.3 Å². The van der Waals surface area contributed by atoms with Crippen LogP contribution in [0, 0.1) is 34.5 Å². The van der Waals surface area contributed by atoms with Crippen LogP contribution in [0.3, 0.4) is 0 Å². The number of hydrogen-bond donors (Lipinski definition) is 3. The summed E-state index contributed by atoms with van der Waals surface area (Å²) < 4.78 is 0. The Labute approximate surface area is 165 Å². The molecule has 0 spiro atoms. The summed E-state index contributed by atoms with van der Waals surface area (Å²) in [5.41, 5.74) is 2.30. The minimum Gasteiger partial charge on any atom is -0.504 e. The van der Waals surface area contributed by atoms with Crippen molar-refractivity contribution < 1.29 is 24.6 Å². The average molecular weight is 387 g/mol. The van der Waals surface area contributed by atoms with Gasteiger partial charge in [-0.15, -0.1) is 0 Å². The van der Waals surface area contributed by atoms with Gasteiger partial charge >= 0.3 is 0 Å². The number of aliphatic hydroxyl groups excluding tert-OH is 2. The number of hydrogen-bond acceptors (Lipinski definition) is 6. The Balaban J connectivity index is 1.55. The van der Waals surface area contributed by atoms with E-state index in [1.54, 1.807) is 0 Å². The fourth-order valence-corrected chi connectivity index (χ4v) is 7.87. The number of carbonyl (C=O) groups excluding carboxylic acids is 2. The van der Waals surface area contributed by atoms with Crippen LogP contribution in [-0.2, 0) is 14.4 Å². The molecule has 0 aromatic heterocycles. The molecule has 28 heavy (non-hydrogen) atoms. The molecular formula is C22H29NO5.